The normalized spacial score (nSPS) is 15.3. The second-order valence-corrected chi connectivity index (χ2v) is 9.55. The van der Waals surface area contributed by atoms with Gasteiger partial charge in [0.25, 0.3) is 10.0 Å². The number of carbonyl (C=O) groups is 1. The lowest BCUT2D eigenvalue weighted by Crippen LogP contribution is -2.20. The molecule has 2 aromatic carbocycles. The van der Waals surface area contributed by atoms with Gasteiger partial charge in [-0.25, -0.2) is 0 Å². The summed E-state index contributed by atoms with van der Waals surface area (Å²) < 4.78 is 34.4. The zero-order valence-electron chi connectivity index (χ0n) is 17.0. The second-order valence-electron chi connectivity index (χ2n) is 7.11. The first kappa shape index (κ1) is 23.4. The third-order valence-corrected chi connectivity index (χ3v) is 6.55. The number of sulfonamides is 1. The first-order valence-electron chi connectivity index (χ1n) is 9.77. The molecule has 0 spiro atoms. The Kier molecular flexibility index (Phi) is 7.80. The van der Waals surface area contributed by atoms with Gasteiger partial charge in [0.1, 0.15) is 11.6 Å². The molecule has 0 bridgehead atoms. The number of rotatable bonds is 8. The topological polar surface area (TPSA) is 88.1 Å². The molecule has 1 heterocycles. The number of anilines is 1. The molecule has 10 heteroatoms. The van der Waals surface area contributed by atoms with Crippen LogP contribution in [0.1, 0.15) is 25.7 Å². The van der Waals surface area contributed by atoms with Gasteiger partial charge in [-0.05, 0) is 55.3 Å². The van der Waals surface area contributed by atoms with E-state index in [4.69, 9.17) is 27.9 Å². The van der Waals surface area contributed by atoms with Crippen LogP contribution in [0.4, 0.5) is 5.69 Å². The number of amides is 1. The van der Waals surface area contributed by atoms with E-state index in [2.05, 4.69) is 9.71 Å². The molecular weight excluding hydrogens is 461 g/mol. The first-order valence-corrected chi connectivity index (χ1v) is 12.0. The van der Waals surface area contributed by atoms with Crippen LogP contribution in [-0.4, -0.2) is 45.3 Å². The summed E-state index contributed by atoms with van der Waals surface area (Å²) in [6.45, 7) is 1.12. The number of amidine groups is 1. The van der Waals surface area contributed by atoms with Crippen molar-refractivity contribution in [1.29, 1.82) is 0 Å². The zero-order chi connectivity index (χ0) is 22.4. The van der Waals surface area contributed by atoms with Crippen molar-refractivity contribution >= 4 is 50.7 Å². The number of likely N-dealkylation sites (tertiary alicyclic amines) is 1. The number of nitrogens with one attached hydrogen (secondary N) is 1. The summed E-state index contributed by atoms with van der Waals surface area (Å²) >= 11 is 11.9. The van der Waals surface area contributed by atoms with Gasteiger partial charge in [0.05, 0.1) is 16.5 Å². The molecule has 1 fully saturated rings. The van der Waals surface area contributed by atoms with E-state index in [1.165, 1.54) is 12.1 Å². The average Bonchev–Trinajstić information content (AvgIpc) is 3.11. The molecular formula is C21H23Cl2N3O4S. The Labute approximate surface area is 192 Å². The van der Waals surface area contributed by atoms with Crippen LogP contribution < -0.4 is 10.1 Å². The maximum Gasteiger partial charge on any atom is 0.283 e. The Hall–Kier alpha value is -2.29. The van der Waals surface area contributed by atoms with Crippen LogP contribution in [0, 0.1) is 0 Å². The lowest BCUT2D eigenvalue weighted by molar-refractivity contribution is -0.116. The molecule has 31 heavy (non-hydrogen) atoms. The minimum absolute atomic E-state index is 0.0894. The first-order chi connectivity index (χ1) is 14.7. The smallest absolute Gasteiger partial charge is 0.283 e. The van der Waals surface area contributed by atoms with Gasteiger partial charge in [-0.2, -0.15) is 8.42 Å². The number of benzene rings is 2. The third kappa shape index (κ3) is 6.59. The van der Waals surface area contributed by atoms with Crippen molar-refractivity contribution in [2.75, 3.05) is 25.5 Å². The van der Waals surface area contributed by atoms with Crippen LogP contribution in [-0.2, 0) is 14.8 Å². The van der Waals surface area contributed by atoms with Gasteiger partial charge in [-0.1, -0.05) is 23.2 Å². The van der Waals surface area contributed by atoms with E-state index in [0.717, 1.165) is 13.0 Å². The number of ether oxygens (including phenoxy) is 1. The highest BCUT2D eigenvalue weighted by Gasteiger charge is 2.20. The monoisotopic (exact) mass is 483 g/mol. The lowest BCUT2D eigenvalue weighted by Gasteiger charge is -2.11. The molecule has 3 rings (SSSR count). The number of halogens is 2. The molecule has 1 aliphatic rings. The summed E-state index contributed by atoms with van der Waals surface area (Å²) in [6, 6.07) is 10.9. The third-order valence-electron chi connectivity index (χ3n) is 4.70. The number of hydrogen-bond acceptors (Lipinski definition) is 4. The molecule has 0 saturated carbocycles. The molecule has 2 aromatic rings. The summed E-state index contributed by atoms with van der Waals surface area (Å²) in [4.78, 5) is 14.1. The average molecular weight is 484 g/mol. The van der Waals surface area contributed by atoms with Crippen LogP contribution in [0.5, 0.6) is 5.75 Å². The van der Waals surface area contributed by atoms with Crippen molar-refractivity contribution in [2.24, 2.45) is 4.40 Å². The maximum atomic E-state index is 12.5. The predicted octanol–water partition coefficient (Wildman–Crippen LogP) is 4.60. The van der Waals surface area contributed by atoms with E-state index in [1.54, 1.807) is 30.3 Å². The Balaban J connectivity index is 1.48. The highest BCUT2D eigenvalue weighted by atomic mass is 35.5. The molecule has 7 nitrogen and oxygen atoms in total. The molecule has 0 aliphatic carbocycles. The van der Waals surface area contributed by atoms with E-state index >= 15 is 0 Å². The summed E-state index contributed by atoms with van der Waals surface area (Å²) in [7, 11) is -1.95. The van der Waals surface area contributed by atoms with Gasteiger partial charge in [0.15, 0.2) is 0 Å². The fourth-order valence-corrected chi connectivity index (χ4v) is 4.60. The van der Waals surface area contributed by atoms with Gasteiger partial charge >= 0.3 is 0 Å². The van der Waals surface area contributed by atoms with Crippen molar-refractivity contribution in [1.82, 2.24) is 4.90 Å². The van der Waals surface area contributed by atoms with Crippen molar-refractivity contribution in [3.8, 4) is 5.75 Å². The fourth-order valence-electron chi connectivity index (χ4n) is 3.04. The summed E-state index contributed by atoms with van der Waals surface area (Å²) in [6.07, 6.45) is 2.28. The molecule has 1 N–H and O–H groups in total. The maximum absolute atomic E-state index is 12.5. The Bertz CT molecular complexity index is 1070. The standard InChI is InChI=1S/C21H23Cl2N3O4S/c1-26-12-2-4-20(26)25-31(28,29)17-9-7-16(8-10-17)24-21(27)5-3-13-30-19-11-6-15(22)14-18(19)23/h6-11,14H,2-5,12-13H2,1H3,(H,24,27)/b25-20+. The fraction of sp³-hybridized carbons (Fsp3) is 0.333. The molecule has 0 radical (unpaired) electrons. The van der Waals surface area contributed by atoms with Crippen molar-refractivity contribution in [3.63, 3.8) is 0 Å². The number of hydrogen-bond donors (Lipinski definition) is 1. The lowest BCUT2D eigenvalue weighted by atomic mass is 10.2. The molecule has 1 aliphatic heterocycles. The largest absolute Gasteiger partial charge is 0.492 e. The van der Waals surface area contributed by atoms with E-state index in [-0.39, 0.29) is 17.2 Å². The van der Waals surface area contributed by atoms with Gasteiger partial charge in [-0.3, -0.25) is 4.79 Å². The van der Waals surface area contributed by atoms with Crippen LogP contribution in [0.25, 0.3) is 0 Å². The summed E-state index contributed by atoms with van der Waals surface area (Å²) in [5, 5.41) is 3.68. The quantitative estimate of drug-likeness (QED) is 0.554. The van der Waals surface area contributed by atoms with Crippen molar-refractivity contribution in [2.45, 2.75) is 30.6 Å². The summed E-state index contributed by atoms with van der Waals surface area (Å²) in [5.74, 6) is 0.879. The zero-order valence-corrected chi connectivity index (χ0v) is 19.3. The van der Waals surface area contributed by atoms with E-state index < -0.39 is 10.0 Å². The van der Waals surface area contributed by atoms with Crippen LogP contribution >= 0.6 is 23.2 Å². The Morgan fingerprint density at radius 2 is 1.94 bits per heavy atom. The Morgan fingerprint density at radius 1 is 1.19 bits per heavy atom. The van der Waals surface area contributed by atoms with E-state index in [1.807, 2.05) is 11.9 Å². The molecule has 1 amide bonds. The van der Waals surface area contributed by atoms with E-state index in [0.29, 0.717) is 46.8 Å². The minimum Gasteiger partial charge on any atom is -0.492 e. The van der Waals surface area contributed by atoms with Crippen LogP contribution in [0.2, 0.25) is 10.0 Å². The predicted molar refractivity (Wildman–Crippen MR) is 123 cm³/mol. The van der Waals surface area contributed by atoms with Gasteiger partial charge < -0.3 is 15.0 Å². The highest BCUT2D eigenvalue weighted by Crippen LogP contribution is 2.27. The second kappa shape index (κ2) is 10.3. The highest BCUT2D eigenvalue weighted by molar-refractivity contribution is 7.90. The Morgan fingerprint density at radius 3 is 2.58 bits per heavy atom. The molecule has 1 saturated heterocycles. The molecule has 166 valence electrons. The van der Waals surface area contributed by atoms with Crippen LogP contribution in [0.15, 0.2) is 51.8 Å². The molecule has 0 unspecified atom stereocenters. The summed E-state index contributed by atoms with van der Waals surface area (Å²) in [5.41, 5.74) is 0.510. The molecule has 0 aromatic heterocycles. The number of carbonyl (C=O) groups excluding carboxylic acids is 1. The van der Waals surface area contributed by atoms with Crippen LogP contribution in [0.3, 0.4) is 0 Å². The van der Waals surface area contributed by atoms with Crippen molar-refractivity contribution in [3.05, 3.63) is 52.5 Å². The molecule has 0 atom stereocenters. The van der Waals surface area contributed by atoms with Gasteiger partial charge in [0, 0.05) is 37.1 Å². The SMILES string of the molecule is CN1CCC/C1=N\S(=O)(=O)c1ccc(NC(=O)CCCOc2ccc(Cl)cc2Cl)cc1. The van der Waals surface area contributed by atoms with Crippen molar-refractivity contribution < 1.29 is 17.9 Å². The van der Waals surface area contributed by atoms with Gasteiger partial charge in [0.2, 0.25) is 5.91 Å². The minimum atomic E-state index is -3.77. The number of nitrogens with zero attached hydrogens (tertiary/aromatic N) is 2. The van der Waals surface area contributed by atoms with Gasteiger partial charge in [-0.15, -0.1) is 4.40 Å². The van der Waals surface area contributed by atoms with E-state index in [9.17, 15) is 13.2 Å².